The lowest BCUT2D eigenvalue weighted by Crippen LogP contribution is -2.03. The van der Waals surface area contributed by atoms with E-state index in [4.69, 9.17) is 5.11 Å². The molecule has 5 nitrogen and oxygen atoms in total. The molecule has 2 heterocycles. The zero-order chi connectivity index (χ0) is 9.42. The van der Waals surface area contributed by atoms with Gasteiger partial charge in [-0.2, -0.15) is 0 Å². The zero-order valence-corrected chi connectivity index (χ0v) is 6.93. The van der Waals surface area contributed by atoms with E-state index in [-0.39, 0.29) is 5.69 Å². The van der Waals surface area contributed by atoms with Crippen LogP contribution in [0.3, 0.4) is 0 Å². The number of aryl methyl sites for hydroxylation is 1. The van der Waals surface area contributed by atoms with Gasteiger partial charge < -0.3 is 5.11 Å². The van der Waals surface area contributed by atoms with E-state index in [0.29, 0.717) is 11.3 Å². The Morgan fingerprint density at radius 2 is 2.38 bits per heavy atom. The van der Waals surface area contributed by atoms with Crippen LogP contribution in [0.2, 0.25) is 0 Å². The summed E-state index contributed by atoms with van der Waals surface area (Å²) in [6, 6.07) is 0. The highest BCUT2D eigenvalue weighted by Crippen LogP contribution is 2.09. The van der Waals surface area contributed by atoms with Crippen LogP contribution in [0.4, 0.5) is 0 Å². The van der Waals surface area contributed by atoms with Gasteiger partial charge in [-0.3, -0.25) is 9.38 Å². The van der Waals surface area contributed by atoms with Gasteiger partial charge in [-0.15, -0.1) is 0 Å². The minimum atomic E-state index is -0.976. The number of aromatic nitrogens is 3. The Morgan fingerprint density at radius 1 is 1.62 bits per heavy atom. The van der Waals surface area contributed by atoms with Crippen molar-refractivity contribution in [3.8, 4) is 0 Å². The van der Waals surface area contributed by atoms with Crippen molar-refractivity contribution in [3.05, 3.63) is 30.0 Å². The van der Waals surface area contributed by atoms with Crippen molar-refractivity contribution in [2.45, 2.75) is 6.92 Å². The van der Waals surface area contributed by atoms with Gasteiger partial charge in [-0.05, 0) is 6.92 Å². The first-order chi connectivity index (χ1) is 6.20. The summed E-state index contributed by atoms with van der Waals surface area (Å²) in [6.07, 6.45) is 4.64. The SMILES string of the molecule is Cc1nc2cnccn2c1C(=O)O. The first-order valence-electron chi connectivity index (χ1n) is 3.72. The van der Waals surface area contributed by atoms with Crippen LogP contribution in [0, 0.1) is 6.92 Å². The molecular weight excluding hydrogens is 170 g/mol. The lowest BCUT2D eigenvalue weighted by Gasteiger charge is -1.94. The number of hydrogen-bond acceptors (Lipinski definition) is 3. The van der Waals surface area contributed by atoms with Gasteiger partial charge in [0.1, 0.15) is 0 Å². The number of hydrogen-bond donors (Lipinski definition) is 1. The van der Waals surface area contributed by atoms with E-state index < -0.39 is 5.97 Å². The molecule has 0 aliphatic carbocycles. The zero-order valence-electron chi connectivity index (χ0n) is 6.93. The number of fused-ring (bicyclic) bond motifs is 1. The van der Waals surface area contributed by atoms with Crippen molar-refractivity contribution in [1.82, 2.24) is 14.4 Å². The highest BCUT2D eigenvalue weighted by Gasteiger charge is 2.14. The van der Waals surface area contributed by atoms with Crippen LogP contribution in [0.15, 0.2) is 18.6 Å². The fraction of sp³-hybridized carbons (Fsp3) is 0.125. The number of nitrogens with zero attached hydrogens (tertiary/aromatic N) is 3. The van der Waals surface area contributed by atoms with Crippen LogP contribution in [0.25, 0.3) is 5.65 Å². The van der Waals surface area contributed by atoms with Gasteiger partial charge in [0.05, 0.1) is 11.9 Å². The van der Waals surface area contributed by atoms with E-state index in [1.807, 2.05) is 0 Å². The molecule has 0 saturated carbocycles. The molecule has 0 amide bonds. The number of rotatable bonds is 1. The summed E-state index contributed by atoms with van der Waals surface area (Å²) in [5.74, 6) is -0.976. The molecule has 2 aromatic rings. The highest BCUT2D eigenvalue weighted by atomic mass is 16.4. The maximum absolute atomic E-state index is 10.8. The van der Waals surface area contributed by atoms with Crippen molar-refractivity contribution in [3.63, 3.8) is 0 Å². The van der Waals surface area contributed by atoms with Crippen LogP contribution in [0.5, 0.6) is 0 Å². The summed E-state index contributed by atoms with van der Waals surface area (Å²) in [5, 5.41) is 8.87. The second-order valence-corrected chi connectivity index (χ2v) is 2.66. The predicted molar refractivity (Wildman–Crippen MR) is 44.7 cm³/mol. The number of imidazole rings is 1. The van der Waals surface area contributed by atoms with Crippen LogP contribution in [-0.4, -0.2) is 25.4 Å². The van der Waals surface area contributed by atoms with Gasteiger partial charge >= 0.3 is 5.97 Å². The van der Waals surface area contributed by atoms with Gasteiger partial charge in [0.2, 0.25) is 0 Å². The maximum atomic E-state index is 10.8. The average Bonchev–Trinajstić information content (AvgIpc) is 2.39. The molecule has 0 radical (unpaired) electrons. The van der Waals surface area contributed by atoms with Crippen LogP contribution >= 0.6 is 0 Å². The monoisotopic (exact) mass is 177 g/mol. The van der Waals surface area contributed by atoms with E-state index in [1.54, 1.807) is 13.1 Å². The molecule has 0 bridgehead atoms. The van der Waals surface area contributed by atoms with Crippen LogP contribution in [0.1, 0.15) is 16.2 Å². The Balaban J connectivity index is 2.86. The van der Waals surface area contributed by atoms with Crippen molar-refractivity contribution < 1.29 is 9.90 Å². The molecule has 0 saturated heterocycles. The van der Waals surface area contributed by atoms with Gasteiger partial charge in [0, 0.05) is 12.4 Å². The number of carboxylic acids is 1. The number of carbonyl (C=O) groups is 1. The first-order valence-corrected chi connectivity index (χ1v) is 3.72. The Morgan fingerprint density at radius 3 is 3.08 bits per heavy atom. The van der Waals surface area contributed by atoms with Crippen LogP contribution < -0.4 is 0 Å². The Bertz CT molecular complexity index is 475. The predicted octanol–water partition coefficient (Wildman–Crippen LogP) is 0.736. The van der Waals surface area contributed by atoms with E-state index in [0.717, 1.165) is 0 Å². The van der Waals surface area contributed by atoms with Crippen LogP contribution in [-0.2, 0) is 0 Å². The number of carboxylic acid groups (broad SMARTS) is 1. The van der Waals surface area contributed by atoms with Gasteiger partial charge in [-0.1, -0.05) is 0 Å². The summed E-state index contributed by atoms with van der Waals surface area (Å²) in [7, 11) is 0. The molecule has 0 aromatic carbocycles. The van der Waals surface area contributed by atoms with Crippen molar-refractivity contribution in [1.29, 1.82) is 0 Å². The quantitative estimate of drug-likeness (QED) is 0.697. The minimum Gasteiger partial charge on any atom is -0.477 e. The summed E-state index contributed by atoms with van der Waals surface area (Å²) in [5.41, 5.74) is 1.25. The standard InChI is InChI=1S/C8H7N3O2/c1-5-7(8(12)13)11-3-2-9-4-6(11)10-5/h2-4H,1H3,(H,12,13). The molecule has 5 heteroatoms. The molecule has 0 aliphatic rings. The average molecular weight is 177 g/mol. The summed E-state index contributed by atoms with van der Waals surface area (Å²) in [4.78, 5) is 18.7. The Labute approximate surface area is 73.7 Å². The maximum Gasteiger partial charge on any atom is 0.354 e. The second-order valence-electron chi connectivity index (χ2n) is 2.66. The van der Waals surface area contributed by atoms with E-state index in [9.17, 15) is 4.79 Å². The smallest absolute Gasteiger partial charge is 0.354 e. The molecule has 1 N–H and O–H groups in total. The highest BCUT2D eigenvalue weighted by molar-refractivity contribution is 5.88. The molecule has 2 aromatic heterocycles. The molecule has 13 heavy (non-hydrogen) atoms. The molecule has 2 rings (SSSR count). The lowest BCUT2D eigenvalue weighted by molar-refractivity contribution is 0.0688. The molecule has 0 aliphatic heterocycles. The third-order valence-corrected chi connectivity index (χ3v) is 1.81. The lowest BCUT2D eigenvalue weighted by atomic mass is 10.3. The summed E-state index contributed by atoms with van der Waals surface area (Å²) < 4.78 is 1.50. The van der Waals surface area contributed by atoms with Crippen molar-refractivity contribution in [2.75, 3.05) is 0 Å². The molecule has 66 valence electrons. The van der Waals surface area contributed by atoms with E-state index in [2.05, 4.69) is 9.97 Å². The third-order valence-electron chi connectivity index (χ3n) is 1.81. The largest absolute Gasteiger partial charge is 0.477 e. The fourth-order valence-electron chi connectivity index (χ4n) is 1.28. The third kappa shape index (κ3) is 1.05. The summed E-state index contributed by atoms with van der Waals surface area (Å²) >= 11 is 0. The topological polar surface area (TPSA) is 67.5 Å². The normalized spacial score (nSPS) is 10.5. The molecule has 0 fully saturated rings. The minimum absolute atomic E-state index is 0.192. The molecule has 0 spiro atoms. The fourth-order valence-corrected chi connectivity index (χ4v) is 1.28. The Kier molecular flexibility index (Phi) is 1.51. The Hall–Kier alpha value is -1.91. The second kappa shape index (κ2) is 2.55. The van der Waals surface area contributed by atoms with E-state index in [1.165, 1.54) is 16.8 Å². The molecule has 0 atom stereocenters. The molecule has 0 unspecified atom stereocenters. The van der Waals surface area contributed by atoms with Crippen molar-refractivity contribution >= 4 is 11.6 Å². The number of aromatic carboxylic acids is 1. The molecular formula is C8H7N3O2. The van der Waals surface area contributed by atoms with Gasteiger partial charge in [0.25, 0.3) is 0 Å². The van der Waals surface area contributed by atoms with Crippen molar-refractivity contribution in [2.24, 2.45) is 0 Å². The van der Waals surface area contributed by atoms with E-state index >= 15 is 0 Å². The van der Waals surface area contributed by atoms with Gasteiger partial charge in [-0.25, -0.2) is 9.78 Å². The van der Waals surface area contributed by atoms with Gasteiger partial charge in [0.15, 0.2) is 11.3 Å². The summed E-state index contributed by atoms with van der Waals surface area (Å²) in [6.45, 7) is 1.66. The first kappa shape index (κ1) is 7.72.